The van der Waals surface area contributed by atoms with Crippen LogP contribution < -0.4 is 10.6 Å². The second-order valence-corrected chi connectivity index (χ2v) is 14.5. The van der Waals surface area contributed by atoms with Crippen molar-refractivity contribution in [3.8, 4) is 0 Å². The van der Waals surface area contributed by atoms with Gasteiger partial charge < -0.3 is 15.7 Å². The predicted octanol–water partition coefficient (Wildman–Crippen LogP) is 4.52. The number of hydrogen-bond donors (Lipinski definition) is 3. The predicted molar refractivity (Wildman–Crippen MR) is 161 cm³/mol. The highest BCUT2D eigenvalue weighted by Crippen LogP contribution is 2.44. The van der Waals surface area contributed by atoms with Crippen LogP contribution in [-0.4, -0.2) is 61.1 Å². The summed E-state index contributed by atoms with van der Waals surface area (Å²) in [5.41, 5.74) is 1.78. The molecule has 1 aliphatic carbocycles. The Labute approximate surface area is 252 Å². The van der Waals surface area contributed by atoms with E-state index < -0.39 is 22.0 Å². The van der Waals surface area contributed by atoms with Crippen LogP contribution in [0.1, 0.15) is 62.6 Å². The number of halogens is 2. The Balaban J connectivity index is 1.67. The Kier molecular flexibility index (Phi) is 10.4. The molecule has 2 aliphatic rings. The lowest BCUT2D eigenvalue weighted by molar-refractivity contribution is -0.133. The molecule has 0 bridgehead atoms. The van der Waals surface area contributed by atoms with Gasteiger partial charge >= 0.3 is 0 Å². The van der Waals surface area contributed by atoms with Crippen LogP contribution in [0.2, 0.25) is 10.0 Å². The highest BCUT2D eigenvalue weighted by Gasteiger charge is 2.46. The van der Waals surface area contributed by atoms with Crippen LogP contribution in [0.5, 0.6) is 0 Å². The van der Waals surface area contributed by atoms with E-state index >= 15 is 0 Å². The van der Waals surface area contributed by atoms with Gasteiger partial charge in [0.15, 0.2) is 0 Å². The van der Waals surface area contributed by atoms with E-state index in [2.05, 4.69) is 10.6 Å². The van der Waals surface area contributed by atoms with Crippen molar-refractivity contribution >= 4 is 45.0 Å². The van der Waals surface area contributed by atoms with E-state index in [0.29, 0.717) is 29.3 Å². The third-order valence-corrected chi connectivity index (χ3v) is 11.5. The molecule has 2 amide bonds. The number of sulfonamides is 1. The lowest BCUT2D eigenvalue weighted by Crippen LogP contribution is -2.54. The van der Waals surface area contributed by atoms with E-state index in [1.54, 1.807) is 25.2 Å². The summed E-state index contributed by atoms with van der Waals surface area (Å²) in [6.45, 7) is 4.02. The van der Waals surface area contributed by atoms with Crippen molar-refractivity contribution in [2.45, 2.75) is 62.8 Å². The average molecular weight is 625 g/mol. The van der Waals surface area contributed by atoms with E-state index in [-0.39, 0.29) is 60.4 Å². The first kappa shape index (κ1) is 31.8. The molecule has 1 heterocycles. The zero-order valence-corrected chi connectivity index (χ0v) is 25.9. The number of benzene rings is 2. The molecule has 224 valence electrons. The van der Waals surface area contributed by atoms with Crippen LogP contribution >= 0.6 is 23.2 Å². The molecule has 2 aromatic carbocycles. The van der Waals surface area contributed by atoms with Gasteiger partial charge in [-0.1, -0.05) is 61.3 Å². The van der Waals surface area contributed by atoms with E-state index in [1.807, 2.05) is 44.2 Å². The van der Waals surface area contributed by atoms with E-state index in [0.717, 1.165) is 11.1 Å². The summed E-state index contributed by atoms with van der Waals surface area (Å²) in [4.78, 5) is 25.8. The first-order chi connectivity index (χ1) is 19.4. The molecule has 3 unspecified atom stereocenters. The van der Waals surface area contributed by atoms with Crippen LogP contribution in [0, 0.1) is 17.8 Å². The van der Waals surface area contributed by atoms with Gasteiger partial charge in [-0.3, -0.25) is 9.59 Å². The fourth-order valence-corrected chi connectivity index (χ4v) is 8.22. The molecule has 2 fully saturated rings. The summed E-state index contributed by atoms with van der Waals surface area (Å²) in [5.74, 6) is -1.58. The molecule has 11 heteroatoms. The average Bonchev–Trinajstić information content (AvgIpc) is 3.80. The molecule has 0 spiro atoms. The number of aliphatic hydroxyl groups is 1. The number of nitrogens with zero attached hydrogens (tertiary/aromatic N) is 1. The van der Waals surface area contributed by atoms with Crippen molar-refractivity contribution in [1.82, 2.24) is 14.9 Å². The summed E-state index contributed by atoms with van der Waals surface area (Å²) in [6.07, 6.45) is 1.76. The molecular weight excluding hydrogens is 585 g/mol. The molecule has 3 N–H and O–H groups in total. The van der Waals surface area contributed by atoms with Crippen LogP contribution in [0.4, 0.5) is 0 Å². The van der Waals surface area contributed by atoms with Gasteiger partial charge in [-0.25, -0.2) is 8.42 Å². The first-order valence-electron chi connectivity index (χ1n) is 14.1. The fourth-order valence-electron chi connectivity index (χ4n) is 6.07. The van der Waals surface area contributed by atoms with Crippen molar-refractivity contribution in [2.24, 2.45) is 17.8 Å². The number of carbonyl (C=O) groups excluding carboxylic acids is 2. The van der Waals surface area contributed by atoms with Gasteiger partial charge in [-0.15, -0.1) is 0 Å². The third kappa shape index (κ3) is 7.43. The molecule has 1 saturated heterocycles. The Morgan fingerprint density at radius 3 is 2.41 bits per heavy atom. The summed E-state index contributed by atoms with van der Waals surface area (Å²) >= 11 is 12.5. The molecule has 0 aromatic heterocycles. The number of piperidine rings is 1. The number of rotatable bonds is 12. The van der Waals surface area contributed by atoms with Gasteiger partial charge in [-0.05, 0) is 66.5 Å². The molecule has 1 saturated carbocycles. The Hall–Kier alpha value is -2.17. The third-order valence-electron chi connectivity index (χ3n) is 8.64. The summed E-state index contributed by atoms with van der Waals surface area (Å²) in [6, 6.07) is 14.0. The van der Waals surface area contributed by atoms with Crippen molar-refractivity contribution in [1.29, 1.82) is 0 Å². The van der Waals surface area contributed by atoms with Crippen LogP contribution in [-0.2, 0) is 19.6 Å². The van der Waals surface area contributed by atoms with Crippen molar-refractivity contribution in [3.05, 3.63) is 69.7 Å². The van der Waals surface area contributed by atoms with Gasteiger partial charge in [0.25, 0.3) is 0 Å². The minimum Gasteiger partial charge on any atom is -0.395 e. The van der Waals surface area contributed by atoms with E-state index in [1.165, 1.54) is 4.31 Å². The fraction of sp³-hybridized carbons (Fsp3) is 0.533. The van der Waals surface area contributed by atoms with Crippen molar-refractivity contribution in [3.63, 3.8) is 0 Å². The van der Waals surface area contributed by atoms with Gasteiger partial charge in [-0.2, -0.15) is 4.31 Å². The molecule has 0 radical (unpaired) electrons. The highest BCUT2D eigenvalue weighted by atomic mass is 35.5. The Morgan fingerprint density at radius 2 is 1.80 bits per heavy atom. The maximum Gasteiger partial charge on any atom is 0.223 e. The maximum atomic E-state index is 13.4. The van der Waals surface area contributed by atoms with Crippen LogP contribution in [0.3, 0.4) is 0 Å². The quantitative estimate of drug-likeness (QED) is 0.321. The Morgan fingerprint density at radius 1 is 1.12 bits per heavy atom. The Bertz CT molecular complexity index is 1340. The van der Waals surface area contributed by atoms with E-state index in [4.69, 9.17) is 28.3 Å². The molecule has 6 atom stereocenters. The lowest BCUT2D eigenvalue weighted by atomic mass is 9.70. The maximum absolute atomic E-state index is 13.4. The molecular formula is C30H39Cl2N3O5S. The molecule has 2 aromatic rings. The smallest absolute Gasteiger partial charge is 0.223 e. The van der Waals surface area contributed by atoms with Gasteiger partial charge in [0, 0.05) is 47.9 Å². The second-order valence-electron chi connectivity index (χ2n) is 11.4. The lowest BCUT2D eigenvalue weighted by Gasteiger charge is -2.44. The van der Waals surface area contributed by atoms with Gasteiger partial charge in [0.05, 0.1) is 17.9 Å². The zero-order chi connectivity index (χ0) is 29.9. The molecule has 1 aliphatic heterocycles. The van der Waals surface area contributed by atoms with Crippen molar-refractivity contribution in [2.75, 3.05) is 20.2 Å². The normalized spacial score (nSPS) is 23.5. The first-order valence-corrected chi connectivity index (χ1v) is 16.4. The van der Waals surface area contributed by atoms with Gasteiger partial charge in [0.2, 0.25) is 21.8 Å². The molecule has 41 heavy (non-hydrogen) atoms. The number of amides is 2. The minimum atomic E-state index is -3.51. The van der Waals surface area contributed by atoms with Crippen molar-refractivity contribution < 1.29 is 23.1 Å². The number of carbonyl (C=O) groups is 2. The highest BCUT2D eigenvalue weighted by molar-refractivity contribution is 7.90. The number of hydrogen-bond acceptors (Lipinski definition) is 5. The van der Waals surface area contributed by atoms with E-state index in [9.17, 15) is 18.0 Å². The standard InChI is InChI=1S/C30H39Cl2N3O5S/c1-18(19(2)29(20-7-9-23(31)10-8-20)35(3)41(39,40)25-11-12-25)28-26(21-5-4-6-24(32)15-21)16-22(30(38)34-28)17-27(37)33-13-14-36/h4-10,15,18-19,22,25-26,28-29,36H,11-14,16-17H2,1-3H3,(H,33,37)(H,34,38)/t18?,19?,22-,26-,28+,29?/m1/s1. The van der Waals surface area contributed by atoms with Crippen LogP contribution in [0.15, 0.2) is 48.5 Å². The SMILES string of the molecule is CC(C(C)[C@@H]1NC(=O)[C@@H](CC(=O)NCCO)C[C@@H]1c1cccc(Cl)c1)C(c1ccc(Cl)cc1)N(C)S(=O)(=O)C1CC1. The minimum absolute atomic E-state index is 0.00925. The second kappa shape index (κ2) is 13.4. The summed E-state index contributed by atoms with van der Waals surface area (Å²) < 4.78 is 28.4. The number of nitrogens with one attached hydrogen (secondary N) is 2. The zero-order valence-electron chi connectivity index (χ0n) is 23.6. The summed E-state index contributed by atoms with van der Waals surface area (Å²) in [5, 5.41) is 15.7. The molecule has 8 nitrogen and oxygen atoms in total. The van der Waals surface area contributed by atoms with Gasteiger partial charge in [0.1, 0.15) is 0 Å². The number of aliphatic hydroxyl groups excluding tert-OH is 1. The van der Waals surface area contributed by atoms with Crippen LogP contribution in [0.25, 0.3) is 0 Å². The topological polar surface area (TPSA) is 116 Å². The largest absolute Gasteiger partial charge is 0.395 e. The molecule has 4 rings (SSSR count). The summed E-state index contributed by atoms with van der Waals surface area (Å²) in [7, 11) is -1.87. The monoisotopic (exact) mass is 623 g/mol.